The summed E-state index contributed by atoms with van der Waals surface area (Å²) in [5.41, 5.74) is 1.26. The summed E-state index contributed by atoms with van der Waals surface area (Å²) < 4.78 is 12.6. The van der Waals surface area contributed by atoms with E-state index in [1.54, 1.807) is 0 Å². The van der Waals surface area contributed by atoms with Crippen LogP contribution in [0, 0.1) is 0 Å². The predicted molar refractivity (Wildman–Crippen MR) is 177 cm³/mol. The molecule has 0 radical (unpaired) electrons. The first kappa shape index (κ1) is 37.1. The zero-order valence-corrected chi connectivity index (χ0v) is 29.4. The highest BCUT2D eigenvalue weighted by molar-refractivity contribution is 8.76. The maximum Gasteiger partial charge on any atom is 0.0717 e. The summed E-state index contributed by atoms with van der Waals surface area (Å²) in [5, 5.41) is 0. The molecule has 0 rings (SSSR count). The first-order chi connectivity index (χ1) is 17.7. The molecular formula is C30H66O2S2Si2. The largest absolute Gasteiger partial charge is 0.382 e. The third-order valence-corrected chi connectivity index (χ3v) is 17.9. The Labute approximate surface area is 239 Å². The third kappa shape index (κ3) is 20.9. The zero-order chi connectivity index (χ0) is 26.7. The van der Waals surface area contributed by atoms with Crippen molar-refractivity contribution < 1.29 is 9.47 Å². The smallest absolute Gasteiger partial charge is 0.0717 e. The average molecular weight is 579 g/mol. The van der Waals surface area contributed by atoms with Gasteiger partial charge in [0.1, 0.15) is 0 Å². The van der Waals surface area contributed by atoms with E-state index in [0.717, 1.165) is 13.2 Å². The highest BCUT2D eigenvalue weighted by atomic mass is 33.1. The van der Waals surface area contributed by atoms with Crippen LogP contribution in [0.5, 0.6) is 0 Å². The second-order valence-electron chi connectivity index (χ2n) is 10.7. The fraction of sp³-hybridized carbons (Fsp3) is 1.00. The van der Waals surface area contributed by atoms with Crippen molar-refractivity contribution in [3.05, 3.63) is 0 Å². The molecule has 0 spiro atoms. The van der Waals surface area contributed by atoms with E-state index in [1.807, 2.05) is 0 Å². The Bertz CT molecular complexity index is 378. The minimum atomic E-state index is -0.757. The van der Waals surface area contributed by atoms with Crippen LogP contribution in [0.3, 0.4) is 0 Å². The lowest BCUT2D eigenvalue weighted by Gasteiger charge is -2.26. The van der Waals surface area contributed by atoms with Crippen molar-refractivity contribution in [2.45, 2.75) is 167 Å². The van der Waals surface area contributed by atoms with Gasteiger partial charge < -0.3 is 9.47 Å². The molecule has 2 nitrogen and oxygen atoms in total. The SMILES string of the molecule is CCCC[SiH](CCCC)C(CCCCSSCCCCC(OCC)[SiH](CCCC)CCCC)OCC. The summed E-state index contributed by atoms with van der Waals surface area (Å²) in [6.07, 6.45) is 19.1. The monoisotopic (exact) mass is 578 g/mol. The molecule has 0 aromatic rings. The van der Waals surface area contributed by atoms with Gasteiger partial charge in [-0.1, -0.05) is 138 Å². The number of rotatable bonds is 29. The van der Waals surface area contributed by atoms with Crippen molar-refractivity contribution in [1.29, 1.82) is 0 Å². The van der Waals surface area contributed by atoms with Crippen LogP contribution in [0.2, 0.25) is 24.2 Å². The predicted octanol–water partition coefficient (Wildman–Crippen LogP) is 10.3. The molecule has 0 aromatic heterocycles. The Morgan fingerprint density at radius 2 is 0.806 bits per heavy atom. The highest BCUT2D eigenvalue weighted by Crippen LogP contribution is 2.27. The lowest BCUT2D eigenvalue weighted by molar-refractivity contribution is 0.105. The van der Waals surface area contributed by atoms with Gasteiger partial charge in [0, 0.05) is 36.2 Å². The van der Waals surface area contributed by atoms with Gasteiger partial charge in [0.25, 0.3) is 0 Å². The first-order valence-electron chi connectivity index (χ1n) is 16.2. The minimum Gasteiger partial charge on any atom is -0.382 e. The van der Waals surface area contributed by atoms with Crippen LogP contribution < -0.4 is 0 Å². The lowest BCUT2D eigenvalue weighted by Crippen LogP contribution is -2.33. The Hall–Kier alpha value is 1.05. The lowest BCUT2D eigenvalue weighted by atomic mass is 10.2. The average Bonchev–Trinajstić information content (AvgIpc) is 2.89. The molecule has 0 saturated heterocycles. The molecule has 0 heterocycles. The van der Waals surface area contributed by atoms with Crippen LogP contribution in [0.1, 0.15) is 131 Å². The van der Waals surface area contributed by atoms with Crippen LogP contribution in [0.15, 0.2) is 0 Å². The first-order valence-corrected chi connectivity index (χ1v) is 23.2. The maximum atomic E-state index is 6.31. The van der Waals surface area contributed by atoms with Gasteiger partial charge in [-0.25, -0.2) is 0 Å². The van der Waals surface area contributed by atoms with Gasteiger partial charge in [-0.2, -0.15) is 0 Å². The van der Waals surface area contributed by atoms with Gasteiger partial charge in [-0.05, 0) is 39.5 Å². The van der Waals surface area contributed by atoms with E-state index in [-0.39, 0.29) is 0 Å². The fourth-order valence-corrected chi connectivity index (χ4v) is 15.8. The van der Waals surface area contributed by atoms with E-state index < -0.39 is 17.6 Å². The molecule has 0 N–H and O–H groups in total. The molecule has 0 aromatic carbocycles. The van der Waals surface area contributed by atoms with Gasteiger partial charge in [-0.3, -0.25) is 0 Å². The molecule has 36 heavy (non-hydrogen) atoms. The normalized spacial score (nSPS) is 13.7. The fourth-order valence-electron chi connectivity index (χ4n) is 5.37. The van der Waals surface area contributed by atoms with Crippen molar-refractivity contribution in [3.63, 3.8) is 0 Å². The van der Waals surface area contributed by atoms with Gasteiger partial charge in [0.15, 0.2) is 0 Å². The minimum absolute atomic E-state index is 0.631. The molecule has 0 aliphatic carbocycles. The van der Waals surface area contributed by atoms with Crippen LogP contribution in [-0.4, -0.2) is 53.8 Å². The molecule has 218 valence electrons. The molecule has 0 fully saturated rings. The van der Waals surface area contributed by atoms with Crippen LogP contribution in [0.4, 0.5) is 0 Å². The summed E-state index contributed by atoms with van der Waals surface area (Å²) in [4.78, 5) is 0. The summed E-state index contributed by atoms with van der Waals surface area (Å²) in [6, 6.07) is 5.99. The number of hydrogen-bond acceptors (Lipinski definition) is 4. The highest BCUT2D eigenvalue weighted by Gasteiger charge is 2.23. The van der Waals surface area contributed by atoms with Crippen LogP contribution >= 0.6 is 21.6 Å². The van der Waals surface area contributed by atoms with Crippen molar-refractivity contribution in [1.82, 2.24) is 0 Å². The maximum absolute atomic E-state index is 6.31. The standard InChI is InChI=1S/C30H66O2S2Si2/c1-7-13-25-35(26-14-8-2)29(31-11-5)21-17-19-23-33-34-24-20-18-22-30(32-12-6)36(27-15-9-3)28-16-10-4/h29-30,35-36H,7-28H2,1-6H3. The zero-order valence-electron chi connectivity index (χ0n) is 25.5. The van der Waals surface area contributed by atoms with Crippen molar-refractivity contribution in [2.75, 3.05) is 24.7 Å². The Morgan fingerprint density at radius 1 is 0.472 bits per heavy atom. The van der Waals surface area contributed by atoms with E-state index >= 15 is 0 Å². The molecule has 0 aliphatic heterocycles. The molecule has 2 unspecified atom stereocenters. The Balaban J connectivity index is 4.12. The summed E-state index contributed by atoms with van der Waals surface area (Å²) in [7, 11) is 2.72. The Morgan fingerprint density at radius 3 is 1.08 bits per heavy atom. The molecule has 6 heteroatoms. The summed E-state index contributed by atoms with van der Waals surface area (Å²) >= 11 is 0. The number of unbranched alkanes of at least 4 members (excludes halogenated alkanes) is 6. The summed E-state index contributed by atoms with van der Waals surface area (Å²) in [5.74, 6) is 2.62. The Kier molecular flexibility index (Phi) is 29.9. The molecule has 2 atom stereocenters. The van der Waals surface area contributed by atoms with E-state index in [4.69, 9.17) is 9.47 Å². The van der Waals surface area contributed by atoms with Crippen LogP contribution in [0.25, 0.3) is 0 Å². The quantitative estimate of drug-likeness (QED) is 0.0499. The summed E-state index contributed by atoms with van der Waals surface area (Å²) in [6.45, 7) is 15.6. The van der Waals surface area contributed by atoms with Gasteiger partial charge in [0.05, 0.1) is 17.6 Å². The van der Waals surface area contributed by atoms with E-state index in [2.05, 4.69) is 63.1 Å². The van der Waals surface area contributed by atoms with Gasteiger partial charge >= 0.3 is 0 Å². The topological polar surface area (TPSA) is 18.5 Å². The molecule has 0 aliphatic rings. The van der Waals surface area contributed by atoms with Crippen molar-refractivity contribution in [2.24, 2.45) is 0 Å². The molecular weight excluding hydrogens is 513 g/mol. The third-order valence-electron chi connectivity index (χ3n) is 7.54. The second kappa shape index (κ2) is 29.0. The molecule has 0 saturated carbocycles. The van der Waals surface area contributed by atoms with E-state index in [0.29, 0.717) is 11.5 Å². The number of ether oxygens (including phenoxy) is 2. The molecule has 0 bridgehead atoms. The van der Waals surface area contributed by atoms with Crippen molar-refractivity contribution in [3.8, 4) is 0 Å². The number of hydrogen-bond donors (Lipinski definition) is 0. The van der Waals surface area contributed by atoms with E-state index in [1.165, 1.54) is 126 Å². The van der Waals surface area contributed by atoms with Crippen molar-refractivity contribution >= 4 is 39.2 Å². The van der Waals surface area contributed by atoms with E-state index in [9.17, 15) is 0 Å². The van der Waals surface area contributed by atoms with Gasteiger partial charge in [0.2, 0.25) is 0 Å². The van der Waals surface area contributed by atoms with Gasteiger partial charge in [-0.15, -0.1) is 0 Å². The molecule has 0 amide bonds. The second-order valence-corrected chi connectivity index (χ2v) is 20.3. The van der Waals surface area contributed by atoms with Crippen LogP contribution in [-0.2, 0) is 9.47 Å².